The van der Waals surface area contributed by atoms with Gasteiger partial charge in [-0.05, 0) is 98.1 Å². The minimum atomic E-state index is -0.783. The molecule has 2 aromatic rings. The summed E-state index contributed by atoms with van der Waals surface area (Å²) in [6.45, 7) is 3.39. The monoisotopic (exact) mass is 541 g/mol. The van der Waals surface area contributed by atoms with Gasteiger partial charge in [-0.25, -0.2) is 0 Å². The third kappa shape index (κ3) is 10.1. The van der Waals surface area contributed by atoms with Crippen molar-refractivity contribution in [2.24, 2.45) is 9.98 Å². The van der Waals surface area contributed by atoms with Crippen LogP contribution in [0.2, 0.25) is 0 Å². The number of carboxylic acid groups (broad SMARTS) is 1. The van der Waals surface area contributed by atoms with Gasteiger partial charge in [0, 0.05) is 49.9 Å². The lowest BCUT2D eigenvalue weighted by atomic mass is 9.89. The summed E-state index contributed by atoms with van der Waals surface area (Å²) in [5, 5.41) is 8.73. The van der Waals surface area contributed by atoms with Crippen LogP contribution in [-0.2, 0) is 9.59 Å². The van der Waals surface area contributed by atoms with Gasteiger partial charge in [0.1, 0.15) is 5.75 Å². The summed E-state index contributed by atoms with van der Waals surface area (Å²) in [7, 11) is 1.65. The van der Waals surface area contributed by atoms with Crippen LogP contribution in [0.5, 0.6) is 5.75 Å². The predicted molar refractivity (Wildman–Crippen MR) is 161 cm³/mol. The number of allylic oxidation sites excluding steroid dienone is 2. The van der Waals surface area contributed by atoms with Crippen molar-refractivity contribution >= 4 is 24.3 Å². The van der Waals surface area contributed by atoms with E-state index in [4.69, 9.17) is 9.84 Å². The van der Waals surface area contributed by atoms with Crippen molar-refractivity contribution in [1.29, 1.82) is 0 Å². The van der Waals surface area contributed by atoms with Crippen molar-refractivity contribution < 1.29 is 19.4 Å². The topological polar surface area (TPSA) is 91.6 Å². The van der Waals surface area contributed by atoms with E-state index >= 15 is 0 Å². The van der Waals surface area contributed by atoms with Crippen molar-refractivity contribution in [3.63, 3.8) is 0 Å². The molecular weight excluding hydrogens is 502 g/mol. The molecule has 1 amide bonds. The fourth-order valence-corrected chi connectivity index (χ4v) is 4.60. The highest BCUT2D eigenvalue weighted by molar-refractivity contribution is 5.96. The number of unbranched alkanes of at least 4 members (excludes halogenated alkanes) is 2. The van der Waals surface area contributed by atoms with E-state index in [2.05, 4.69) is 34.3 Å². The highest BCUT2D eigenvalue weighted by atomic mass is 16.5. The third-order valence-corrected chi connectivity index (χ3v) is 6.81. The number of carbonyl (C=O) groups excluding carboxylic acids is 1. The second-order valence-corrected chi connectivity index (χ2v) is 9.73. The van der Waals surface area contributed by atoms with Crippen molar-refractivity contribution in [3.8, 4) is 5.75 Å². The number of ether oxygens (including phenoxy) is 1. The first kappa shape index (κ1) is 30.3. The maximum Gasteiger partial charge on any atom is 0.303 e. The Morgan fingerprint density at radius 3 is 2.52 bits per heavy atom. The molecule has 0 spiro atoms. The summed E-state index contributed by atoms with van der Waals surface area (Å²) in [4.78, 5) is 34.6. The zero-order chi connectivity index (χ0) is 28.6. The SMILES string of the molecule is COc1ccc(C=N/C=C/C=C(\C=C\N=CCCCCC(=O)O)C(=O)N2CCC(c3ccccc3)CC2)cc1C. The number of hydrogen-bond acceptors (Lipinski definition) is 5. The first-order valence-corrected chi connectivity index (χ1v) is 13.8. The first-order chi connectivity index (χ1) is 19.5. The van der Waals surface area contributed by atoms with Gasteiger partial charge < -0.3 is 14.7 Å². The summed E-state index contributed by atoms with van der Waals surface area (Å²) in [5.41, 5.74) is 3.86. The van der Waals surface area contributed by atoms with Gasteiger partial charge in [-0.15, -0.1) is 0 Å². The van der Waals surface area contributed by atoms with Crippen LogP contribution in [0, 0.1) is 6.92 Å². The van der Waals surface area contributed by atoms with E-state index in [9.17, 15) is 9.59 Å². The molecule has 0 radical (unpaired) electrons. The molecule has 0 aliphatic carbocycles. The maximum absolute atomic E-state index is 13.4. The fourth-order valence-electron chi connectivity index (χ4n) is 4.60. The maximum atomic E-state index is 13.4. The molecule has 1 saturated heterocycles. The van der Waals surface area contributed by atoms with Crippen molar-refractivity contribution in [2.45, 2.75) is 51.4 Å². The molecule has 1 N–H and O–H groups in total. The van der Waals surface area contributed by atoms with Crippen LogP contribution in [0.15, 0.2) is 94.7 Å². The number of piperidine rings is 1. The number of nitrogens with zero attached hydrogens (tertiary/aromatic N) is 3. The zero-order valence-corrected chi connectivity index (χ0v) is 23.4. The lowest BCUT2D eigenvalue weighted by molar-refractivity contribution is -0.137. The number of amides is 1. The number of likely N-dealkylation sites (tertiary alicyclic amines) is 1. The van der Waals surface area contributed by atoms with E-state index in [0.717, 1.165) is 36.1 Å². The van der Waals surface area contributed by atoms with Crippen LogP contribution >= 0.6 is 0 Å². The summed E-state index contributed by atoms with van der Waals surface area (Å²) in [6.07, 6.45) is 16.1. The van der Waals surface area contributed by atoms with Gasteiger partial charge in [0.2, 0.25) is 0 Å². The predicted octanol–water partition coefficient (Wildman–Crippen LogP) is 6.50. The molecule has 0 bridgehead atoms. The minimum Gasteiger partial charge on any atom is -0.496 e. The van der Waals surface area contributed by atoms with Crippen LogP contribution in [-0.4, -0.2) is 54.5 Å². The number of aliphatic imine (C=N–C) groups is 2. The number of hydrogen-bond donors (Lipinski definition) is 1. The lowest BCUT2D eigenvalue weighted by Gasteiger charge is -2.32. The van der Waals surface area contributed by atoms with Gasteiger partial charge in [-0.2, -0.15) is 0 Å². The molecule has 1 aliphatic heterocycles. The number of carboxylic acids is 1. The Morgan fingerprint density at radius 1 is 1.05 bits per heavy atom. The number of rotatable bonds is 13. The molecule has 3 rings (SSSR count). The second-order valence-electron chi connectivity index (χ2n) is 9.73. The zero-order valence-electron chi connectivity index (χ0n) is 23.4. The Bertz CT molecular complexity index is 1250. The third-order valence-electron chi connectivity index (χ3n) is 6.81. The van der Waals surface area contributed by atoms with Crippen molar-refractivity contribution in [2.75, 3.05) is 20.2 Å². The molecule has 2 aromatic carbocycles. The largest absolute Gasteiger partial charge is 0.496 e. The number of carbonyl (C=O) groups is 2. The molecule has 7 heteroatoms. The molecule has 0 unspecified atom stereocenters. The highest BCUT2D eigenvalue weighted by Crippen LogP contribution is 2.28. The lowest BCUT2D eigenvalue weighted by Crippen LogP contribution is -2.38. The average Bonchev–Trinajstić information content (AvgIpc) is 2.97. The number of aryl methyl sites for hydroxylation is 1. The molecular formula is C33H39N3O4. The summed E-state index contributed by atoms with van der Waals surface area (Å²) >= 11 is 0. The van der Waals surface area contributed by atoms with E-state index in [0.29, 0.717) is 37.4 Å². The molecule has 40 heavy (non-hydrogen) atoms. The van der Waals surface area contributed by atoms with Gasteiger partial charge in [-0.3, -0.25) is 19.6 Å². The average molecular weight is 542 g/mol. The Balaban J connectivity index is 1.64. The molecule has 1 heterocycles. The van der Waals surface area contributed by atoms with E-state index in [1.807, 2.05) is 36.1 Å². The van der Waals surface area contributed by atoms with Gasteiger partial charge in [0.05, 0.1) is 7.11 Å². The van der Waals surface area contributed by atoms with Gasteiger partial charge in [0.25, 0.3) is 5.91 Å². The van der Waals surface area contributed by atoms with Crippen LogP contribution < -0.4 is 4.74 Å². The van der Waals surface area contributed by atoms with Gasteiger partial charge >= 0.3 is 5.97 Å². The number of benzene rings is 2. The van der Waals surface area contributed by atoms with Crippen LogP contribution in [0.1, 0.15) is 61.1 Å². The van der Waals surface area contributed by atoms with E-state index < -0.39 is 5.97 Å². The van der Waals surface area contributed by atoms with Gasteiger partial charge in [-0.1, -0.05) is 30.3 Å². The summed E-state index contributed by atoms with van der Waals surface area (Å²) in [5.74, 6) is 0.490. The molecule has 210 valence electrons. The van der Waals surface area contributed by atoms with Crippen LogP contribution in [0.3, 0.4) is 0 Å². The smallest absolute Gasteiger partial charge is 0.303 e. The molecule has 0 aromatic heterocycles. The molecule has 1 fully saturated rings. The molecule has 0 saturated carbocycles. The minimum absolute atomic E-state index is 0.0289. The fraction of sp³-hybridized carbons (Fsp3) is 0.333. The Morgan fingerprint density at radius 2 is 1.82 bits per heavy atom. The van der Waals surface area contributed by atoms with Crippen molar-refractivity contribution in [1.82, 2.24) is 4.90 Å². The van der Waals surface area contributed by atoms with Crippen LogP contribution in [0.25, 0.3) is 0 Å². The Hall–Kier alpha value is -4.26. The van der Waals surface area contributed by atoms with Crippen molar-refractivity contribution in [3.05, 3.63) is 101 Å². The summed E-state index contributed by atoms with van der Waals surface area (Å²) in [6, 6.07) is 16.3. The number of aliphatic carboxylic acids is 1. The molecule has 0 atom stereocenters. The number of methoxy groups -OCH3 is 1. The van der Waals surface area contributed by atoms with E-state index in [1.54, 1.807) is 50.2 Å². The normalized spacial score (nSPS) is 15.2. The van der Waals surface area contributed by atoms with E-state index in [-0.39, 0.29) is 12.3 Å². The first-order valence-electron chi connectivity index (χ1n) is 13.8. The van der Waals surface area contributed by atoms with Crippen LogP contribution in [0.4, 0.5) is 0 Å². The van der Waals surface area contributed by atoms with E-state index in [1.165, 1.54) is 5.56 Å². The molecule has 7 nitrogen and oxygen atoms in total. The second kappa shape index (κ2) is 16.6. The quantitative estimate of drug-likeness (QED) is 0.136. The summed E-state index contributed by atoms with van der Waals surface area (Å²) < 4.78 is 5.30. The van der Waals surface area contributed by atoms with Gasteiger partial charge in [0.15, 0.2) is 0 Å². The standard InChI is InChI=1S/C33H39N3O4/c1-26-24-27(14-15-31(26)40-2)25-35-20-9-12-30(16-21-34-19-8-4-7-13-32(37)38)33(39)36-22-17-29(18-23-36)28-10-5-3-6-11-28/h3,5-6,9-12,14-16,19-21,24-25,29H,4,7-8,13,17-18,22-23H2,1-2H3,(H,37,38)/b20-9+,21-16+,30-12+,34-19?,35-25?. The Kier molecular flexibility index (Phi) is 12.6. The highest BCUT2D eigenvalue weighted by Gasteiger charge is 2.24. The molecule has 1 aliphatic rings. The Labute approximate surface area is 237 Å².